The molecule has 0 saturated heterocycles. The predicted molar refractivity (Wildman–Crippen MR) is 72.1 cm³/mol. The van der Waals surface area contributed by atoms with Crippen molar-refractivity contribution in [2.45, 2.75) is 6.92 Å². The number of aromatic amines is 1. The van der Waals surface area contributed by atoms with Crippen LogP contribution in [-0.4, -0.2) is 32.4 Å². The maximum Gasteiger partial charge on any atom is 0.368 e. The van der Waals surface area contributed by atoms with E-state index in [-0.39, 0.29) is 12.3 Å². The Labute approximate surface area is 117 Å². The fourth-order valence-electron chi connectivity index (χ4n) is 1.99. The molecule has 3 rings (SSSR count). The molecule has 7 nitrogen and oxygen atoms in total. The van der Waals surface area contributed by atoms with Crippen LogP contribution in [-0.2, 0) is 4.74 Å². The van der Waals surface area contributed by atoms with Gasteiger partial charge in [-0.05, 0) is 25.1 Å². The molecule has 8 heteroatoms. The molecule has 0 atom stereocenters. The highest BCUT2D eigenvalue weighted by atomic mass is 35.5. The molecule has 102 valence electrons. The number of fused-ring (bicyclic) bond motifs is 3. The van der Waals surface area contributed by atoms with Gasteiger partial charge in [0.2, 0.25) is 0 Å². The lowest BCUT2D eigenvalue weighted by Gasteiger charge is -2.02. The van der Waals surface area contributed by atoms with Gasteiger partial charge in [-0.1, -0.05) is 11.6 Å². The van der Waals surface area contributed by atoms with Crippen molar-refractivity contribution in [1.82, 2.24) is 19.8 Å². The van der Waals surface area contributed by atoms with Gasteiger partial charge in [0.05, 0.1) is 12.1 Å². The highest BCUT2D eigenvalue weighted by Crippen LogP contribution is 2.22. The number of nitrogens with one attached hydrogen (secondary N) is 1. The number of esters is 1. The molecule has 0 bridgehead atoms. The van der Waals surface area contributed by atoms with E-state index in [0.29, 0.717) is 21.4 Å². The van der Waals surface area contributed by atoms with Gasteiger partial charge < -0.3 is 4.74 Å². The number of H-pyrrole nitrogens is 1. The van der Waals surface area contributed by atoms with Crippen LogP contribution < -0.4 is 5.69 Å². The van der Waals surface area contributed by atoms with Crippen molar-refractivity contribution in [2.75, 3.05) is 6.61 Å². The first-order chi connectivity index (χ1) is 9.61. The van der Waals surface area contributed by atoms with Crippen molar-refractivity contribution in [3.05, 3.63) is 39.4 Å². The highest BCUT2D eigenvalue weighted by molar-refractivity contribution is 6.31. The second-order valence-electron chi connectivity index (χ2n) is 4.02. The van der Waals surface area contributed by atoms with Crippen LogP contribution >= 0.6 is 11.6 Å². The van der Waals surface area contributed by atoms with Crippen LogP contribution in [0.5, 0.6) is 0 Å². The van der Waals surface area contributed by atoms with E-state index in [9.17, 15) is 9.59 Å². The largest absolute Gasteiger partial charge is 0.461 e. The molecule has 0 fully saturated rings. The summed E-state index contributed by atoms with van der Waals surface area (Å²) in [5, 5.41) is 7.31. The van der Waals surface area contributed by atoms with Crippen molar-refractivity contribution in [3.63, 3.8) is 0 Å². The first-order valence-corrected chi connectivity index (χ1v) is 6.23. The van der Waals surface area contributed by atoms with Gasteiger partial charge in [0, 0.05) is 10.4 Å². The topological polar surface area (TPSA) is 89.4 Å². The van der Waals surface area contributed by atoms with Gasteiger partial charge >= 0.3 is 11.7 Å². The first kappa shape index (κ1) is 12.6. The monoisotopic (exact) mass is 292 g/mol. The summed E-state index contributed by atoms with van der Waals surface area (Å²) in [5.74, 6) is -0.613. The Balaban J connectivity index is 2.44. The molecule has 0 aliphatic rings. The van der Waals surface area contributed by atoms with Gasteiger partial charge in [0.25, 0.3) is 0 Å². The number of hydrogen-bond donors (Lipinski definition) is 1. The number of carbonyl (C=O) groups is 1. The number of hydrogen-bond acceptors (Lipinski definition) is 5. The summed E-state index contributed by atoms with van der Waals surface area (Å²) in [6.07, 6.45) is 0. The van der Waals surface area contributed by atoms with E-state index in [1.807, 2.05) is 0 Å². The normalized spacial score (nSPS) is 11.1. The van der Waals surface area contributed by atoms with Crippen LogP contribution in [0, 0.1) is 0 Å². The van der Waals surface area contributed by atoms with E-state index in [1.54, 1.807) is 25.1 Å². The van der Waals surface area contributed by atoms with Gasteiger partial charge in [0.15, 0.2) is 5.69 Å². The van der Waals surface area contributed by atoms with E-state index in [2.05, 4.69) is 15.3 Å². The average molecular weight is 293 g/mol. The second kappa shape index (κ2) is 4.61. The van der Waals surface area contributed by atoms with E-state index < -0.39 is 11.7 Å². The third-order valence-corrected chi connectivity index (χ3v) is 3.03. The zero-order chi connectivity index (χ0) is 14.3. The Kier molecular flexibility index (Phi) is 2.90. The molecule has 0 amide bonds. The minimum Gasteiger partial charge on any atom is -0.461 e. The zero-order valence-electron chi connectivity index (χ0n) is 10.4. The fourth-order valence-corrected chi connectivity index (χ4v) is 2.16. The molecular formula is C12H9ClN4O3. The molecule has 0 spiro atoms. The van der Waals surface area contributed by atoms with E-state index in [0.717, 1.165) is 4.52 Å². The number of rotatable bonds is 2. The Morgan fingerprint density at radius 3 is 3.05 bits per heavy atom. The molecule has 1 N–H and O–H groups in total. The molecule has 3 aromatic rings. The Hall–Kier alpha value is -2.41. The van der Waals surface area contributed by atoms with Gasteiger partial charge in [-0.15, -0.1) is 5.10 Å². The quantitative estimate of drug-likeness (QED) is 0.721. The third kappa shape index (κ3) is 1.83. The van der Waals surface area contributed by atoms with Crippen LogP contribution in [0.2, 0.25) is 5.02 Å². The number of ether oxygens (including phenoxy) is 1. The lowest BCUT2D eigenvalue weighted by atomic mass is 10.2. The van der Waals surface area contributed by atoms with E-state index in [1.165, 1.54) is 0 Å². The Morgan fingerprint density at radius 2 is 2.30 bits per heavy atom. The first-order valence-electron chi connectivity index (χ1n) is 5.85. The maximum atomic E-state index is 11.9. The number of nitrogens with zero attached hydrogens (tertiary/aromatic N) is 3. The van der Waals surface area contributed by atoms with E-state index >= 15 is 0 Å². The predicted octanol–water partition coefficient (Wildman–Crippen LogP) is 1.40. The molecular weight excluding hydrogens is 284 g/mol. The van der Waals surface area contributed by atoms with Gasteiger partial charge in [-0.2, -0.15) is 9.50 Å². The lowest BCUT2D eigenvalue weighted by Crippen LogP contribution is -2.17. The van der Waals surface area contributed by atoms with Crippen molar-refractivity contribution in [1.29, 1.82) is 0 Å². The number of halogens is 1. The molecule has 1 aromatic carbocycles. The van der Waals surface area contributed by atoms with Gasteiger partial charge in [-0.3, -0.25) is 0 Å². The second-order valence-corrected chi connectivity index (χ2v) is 4.46. The summed E-state index contributed by atoms with van der Waals surface area (Å²) < 4.78 is 6.01. The SMILES string of the molecule is CCOC(=O)c1n[nH]n2c(=O)nc3ccc(Cl)cc3c12. The van der Waals surface area contributed by atoms with Gasteiger partial charge in [-0.25, -0.2) is 14.8 Å². The highest BCUT2D eigenvalue weighted by Gasteiger charge is 2.19. The van der Waals surface area contributed by atoms with Crippen LogP contribution in [0.15, 0.2) is 23.0 Å². The molecule has 2 aromatic heterocycles. The molecule has 20 heavy (non-hydrogen) atoms. The van der Waals surface area contributed by atoms with Crippen molar-refractivity contribution >= 4 is 34.0 Å². The number of aromatic nitrogens is 4. The van der Waals surface area contributed by atoms with Crippen molar-refractivity contribution < 1.29 is 9.53 Å². The molecule has 2 heterocycles. The molecule has 0 aliphatic heterocycles. The van der Waals surface area contributed by atoms with E-state index in [4.69, 9.17) is 16.3 Å². The van der Waals surface area contributed by atoms with Crippen LogP contribution in [0.25, 0.3) is 16.4 Å². The molecule has 0 aliphatic carbocycles. The molecule has 0 radical (unpaired) electrons. The maximum absolute atomic E-state index is 11.9. The standard InChI is InChI=1S/C12H9ClN4O3/c1-2-20-11(18)9-10-7-5-6(13)3-4-8(7)14-12(19)17(10)16-15-9/h3-5,16H,2H2,1H3. The van der Waals surface area contributed by atoms with Crippen LogP contribution in [0.4, 0.5) is 0 Å². The summed E-state index contributed by atoms with van der Waals surface area (Å²) >= 11 is 5.96. The minimum absolute atomic E-state index is 0.0265. The summed E-state index contributed by atoms with van der Waals surface area (Å²) in [6.45, 7) is 1.90. The third-order valence-electron chi connectivity index (χ3n) is 2.80. The number of benzene rings is 1. The summed E-state index contributed by atoms with van der Waals surface area (Å²) in [7, 11) is 0. The smallest absolute Gasteiger partial charge is 0.368 e. The van der Waals surface area contributed by atoms with Crippen LogP contribution in [0.3, 0.4) is 0 Å². The fraction of sp³-hybridized carbons (Fsp3) is 0.167. The Bertz CT molecular complexity index is 883. The molecule has 0 unspecified atom stereocenters. The molecule has 0 saturated carbocycles. The average Bonchev–Trinajstić information content (AvgIpc) is 2.86. The summed E-state index contributed by atoms with van der Waals surface area (Å²) in [6, 6.07) is 4.86. The minimum atomic E-state index is -0.613. The summed E-state index contributed by atoms with van der Waals surface area (Å²) in [4.78, 5) is 27.6. The lowest BCUT2D eigenvalue weighted by molar-refractivity contribution is 0.0522. The number of carbonyl (C=O) groups excluding carboxylic acids is 1. The van der Waals surface area contributed by atoms with Gasteiger partial charge in [0.1, 0.15) is 5.52 Å². The van der Waals surface area contributed by atoms with Crippen molar-refractivity contribution in [2.24, 2.45) is 0 Å². The Morgan fingerprint density at radius 1 is 1.50 bits per heavy atom. The van der Waals surface area contributed by atoms with Crippen molar-refractivity contribution in [3.8, 4) is 0 Å². The van der Waals surface area contributed by atoms with Crippen LogP contribution in [0.1, 0.15) is 17.4 Å². The summed E-state index contributed by atoms with van der Waals surface area (Å²) in [5.41, 5.74) is 0.212. The zero-order valence-corrected chi connectivity index (χ0v) is 11.1.